The number of alkyl halides is 3. The summed E-state index contributed by atoms with van der Waals surface area (Å²) in [7, 11) is -3.67. The third-order valence-electron chi connectivity index (χ3n) is 7.58. The summed E-state index contributed by atoms with van der Waals surface area (Å²) in [5, 5.41) is 13.7. The predicted octanol–water partition coefficient (Wildman–Crippen LogP) is 4.43. The number of benzene rings is 1. The smallest absolute Gasteiger partial charge is 0.416 e. The number of carbonyl (C=O) groups is 1. The van der Waals surface area contributed by atoms with E-state index in [4.69, 9.17) is 4.74 Å². The number of hydrogen-bond acceptors (Lipinski definition) is 6. The van der Waals surface area contributed by atoms with Crippen molar-refractivity contribution in [3.05, 3.63) is 52.9 Å². The number of carboxylic acid groups (broad SMARTS) is 1. The average Bonchev–Trinajstić information content (AvgIpc) is 3.50. The van der Waals surface area contributed by atoms with Crippen LogP contribution in [0.1, 0.15) is 63.0 Å². The molecule has 5 rings (SSSR count). The van der Waals surface area contributed by atoms with Gasteiger partial charge in [0.25, 0.3) is 10.0 Å². The van der Waals surface area contributed by atoms with Crippen molar-refractivity contribution >= 4 is 16.1 Å². The Kier molecular flexibility index (Phi) is 6.94. The summed E-state index contributed by atoms with van der Waals surface area (Å²) in [5.41, 5.74) is -0.917. The van der Waals surface area contributed by atoms with E-state index in [1.165, 1.54) is 11.1 Å². The number of fused-ring (bicyclic) bond motifs is 1. The fourth-order valence-electron chi connectivity index (χ4n) is 5.69. The second-order valence-corrected chi connectivity index (χ2v) is 13.6. The van der Waals surface area contributed by atoms with Crippen molar-refractivity contribution in [2.45, 2.75) is 94.4 Å². The number of hydrogen-bond donors (Lipinski definition) is 1. The third-order valence-corrected chi connectivity index (χ3v) is 9.60. The van der Waals surface area contributed by atoms with Gasteiger partial charge in [-0.1, -0.05) is 0 Å². The van der Waals surface area contributed by atoms with E-state index < -0.39 is 81.0 Å². The van der Waals surface area contributed by atoms with Crippen LogP contribution in [0.4, 0.5) is 26.7 Å². The SMILES string of the molecule is CC(C)(C)N(C(=O)O)[C@H]1C[C@@H](N2Cc3cn(S(=O)(=O)C4CC4)nc3C2)[C@@H](C(F)(F)F)O[C@@H]1c1cc(F)ccc1F. The van der Waals surface area contributed by atoms with Crippen molar-refractivity contribution in [2.24, 2.45) is 0 Å². The molecule has 0 spiro atoms. The lowest BCUT2D eigenvalue weighted by molar-refractivity contribution is -0.277. The fraction of sp³-hybridized carbons (Fsp3) is 0.600. The number of nitrogens with zero attached hydrogens (tertiary/aromatic N) is 4. The summed E-state index contributed by atoms with van der Waals surface area (Å²) in [6.07, 6.45) is -8.71. The standard InChI is InChI=1S/C25H29F5N4O5S/c1-24(2,3)34(23(35)36)19-9-20(22(25(28,29)30)39-21(19)16-8-14(26)4-7-17(16)27)32-10-13-11-33(31-18(13)12-32)40(37,38)15-5-6-15/h4,7-8,11,15,19-22H,5-6,9-10,12H2,1-3H3,(H,35,36)/t19-,20+,21+,22-/m0/s1. The molecule has 3 heterocycles. The van der Waals surface area contributed by atoms with Gasteiger partial charge in [0, 0.05) is 42.0 Å². The minimum absolute atomic E-state index is 0.0789. The highest BCUT2D eigenvalue weighted by Crippen LogP contribution is 2.46. The van der Waals surface area contributed by atoms with Crippen LogP contribution in [0.3, 0.4) is 0 Å². The van der Waals surface area contributed by atoms with Crippen LogP contribution in [0.25, 0.3) is 0 Å². The zero-order valence-corrected chi connectivity index (χ0v) is 22.7. The number of aromatic nitrogens is 2. The van der Waals surface area contributed by atoms with Gasteiger partial charge in [-0.15, -0.1) is 0 Å². The highest BCUT2D eigenvalue weighted by Gasteiger charge is 2.57. The van der Waals surface area contributed by atoms with E-state index >= 15 is 0 Å². The first kappa shape index (κ1) is 28.7. The Labute approximate surface area is 227 Å². The quantitative estimate of drug-likeness (QED) is 0.513. The Morgan fingerprint density at radius 2 is 1.82 bits per heavy atom. The number of ether oxygens (including phenoxy) is 1. The van der Waals surface area contributed by atoms with Gasteiger partial charge in [-0.2, -0.15) is 22.4 Å². The molecule has 0 bridgehead atoms. The van der Waals surface area contributed by atoms with E-state index in [2.05, 4.69) is 5.10 Å². The largest absolute Gasteiger partial charge is 0.465 e. The molecule has 2 fully saturated rings. The van der Waals surface area contributed by atoms with Crippen molar-refractivity contribution in [3.8, 4) is 0 Å². The molecule has 9 nitrogen and oxygen atoms in total. The zero-order chi connectivity index (χ0) is 29.4. The van der Waals surface area contributed by atoms with Crippen molar-refractivity contribution in [3.63, 3.8) is 0 Å². The summed E-state index contributed by atoms with van der Waals surface area (Å²) in [5.74, 6) is -1.94. The Morgan fingerprint density at radius 1 is 1.15 bits per heavy atom. The molecule has 2 aromatic rings. The Hall–Kier alpha value is -2.78. The molecule has 1 aromatic carbocycles. The molecule has 1 aromatic heterocycles. The highest BCUT2D eigenvalue weighted by molar-refractivity contribution is 7.90. The highest BCUT2D eigenvalue weighted by atomic mass is 32.2. The van der Waals surface area contributed by atoms with Crippen molar-refractivity contribution in [2.75, 3.05) is 0 Å². The van der Waals surface area contributed by atoms with Crippen LogP contribution in [0, 0.1) is 11.6 Å². The van der Waals surface area contributed by atoms with E-state index in [1.54, 1.807) is 20.8 Å². The lowest BCUT2D eigenvalue weighted by Gasteiger charge is -2.51. The van der Waals surface area contributed by atoms with Gasteiger partial charge in [0.1, 0.15) is 17.7 Å². The average molecular weight is 593 g/mol. The molecule has 1 amide bonds. The van der Waals surface area contributed by atoms with Gasteiger partial charge < -0.3 is 9.84 Å². The summed E-state index contributed by atoms with van der Waals surface area (Å²) in [6.45, 7) is 4.42. The minimum Gasteiger partial charge on any atom is -0.465 e. The maximum atomic E-state index is 14.9. The van der Waals surface area contributed by atoms with Crippen molar-refractivity contribution in [1.29, 1.82) is 0 Å². The first-order valence-electron chi connectivity index (χ1n) is 12.7. The van der Waals surface area contributed by atoms with Gasteiger partial charge in [-0.3, -0.25) is 9.80 Å². The number of amides is 1. The topological polar surface area (TPSA) is 105 Å². The van der Waals surface area contributed by atoms with Gasteiger partial charge >= 0.3 is 12.3 Å². The first-order valence-corrected chi connectivity index (χ1v) is 14.2. The van der Waals surface area contributed by atoms with Crippen LogP contribution in [0.5, 0.6) is 0 Å². The Morgan fingerprint density at radius 3 is 2.38 bits per heavy atom. The lowest BCUT2D eigenvalue weighted by atomic mass is 9.85. The van der Waals surface area contributed by atoms with E-state index in [0.29, 0.717) is 24.1 Å². The van der Waals surface area contributed by atoms with Crippen LogP contribution in [0.2, 0.25) is 0 Å². The zero-order valence-electron chi connectivity index (χ0n) is 21.9. The second-order valence-electron chi connectivity index (χ2n) is 11.5. The van der Waals surface area contributed by atoms with Crippen LogP contribution in [-0.4, -0.2) is 73.8 Å². The molecule has 4 atom stereocenters. The third kappa shape index (κ3) is 5.18. The van der Waals surface area contributed by atoms with Crippen LogP contribution in [-0.2, 0) is 27.8 Å². The van der Waals surface area contributed by atoms with Gasteiger partial charge in [-0.25, -0.2) is 22.0 Å². The molecule has 15 heteroatoms. The summed E-state index contributed by atoms with van der Waals surface area (Å²) >= 11 is 0. The van der Waals surface area contributed by atoms with Gasteiger partial charge in [0.05, 0.1) is 17.0 Å². The Balaban J connectivity index is 1.52. The first-order chi connectivity index (χ1) is 18.5. The molecule has 3 aliphatic rings. The van der Waals surface area contributed by atoms with Gasteiger partial charge in [0.2, 0.25) is 0 Å². The molecule has 2 aliphatic heterocycles. The minimum atomic E-state index is -4.94. The molecule has 0 radical (unpaired) electrons. The molecule has 220 valence electrons. The van der Waals surface area contributed by atoms with E-state index in [-0.39, 0.29) is 13.1 Å². The number of rotatable bonds is 5. The van der Waals surface area contributed by atoms with Crippen LogP contribution in [0.15, 0.2) is 24.4 Å². The predicted molar refractivity (Wildman–Crippen MR) is 131 cm³/mol. The van der Waals surface area contributed by atoms with Crippen LogP contribution < -0.4 is 0 Å². The summed E-state index contributed by atoms with van der Waals surface area (Å²) < 4.78 is 104. The second kappa shape index (κ2) is 9.65. The van der Waals surface area contributed by atoms with Gasteiger partial charge in [-0.05, 0) is 58.2 Å². The Bertz CT molecular complexity index is 1400. The van der Waals surface area contributed by atoms with Crippen molar-refractivity contribution in [1.82, 2.24) is 19.0 Å². The molecule has 1 N–H and O–H groups in total. The molecule has 40 heavy (non-hydrogen) atoms. The molecular weight excluding hydrogens is 563 g/mol. The fourth-order valence-corrected chi connectivity index (χ4v) is 7.21. The molecule has 0 unspecified atom stereocenters. The maximum Gasteiger partial charge on any atom is 0.416 e. The normalized spacial score (nSPS) is 26.1. The lowest BCUT2D eigenvalue weighted by Crippen LogP contribution is -2.63. The molecule has 1 aliphatic carbocycles. The maximum absolute atomic E-state index is 14.9. The van der Waals surface area contributed by atoms with Crippen molar-refractivity contribution < 1.29 is 45.0 Å². The summed E-state index contributed by atoms with van der Waals surface area (Å²) in [4.78, 5) is 14.7. The van der Waals surface area contributed by atoms with Gasteiger partial charge in [0.15, 0.2) is 6.10 Å². The van der Waals surface area contributed by atoms with E-state index in [9.17, 15) is 40.3 Å². The van der Waals surface area contributed by atoms with E-state index in [0.717, 1.165) is 27.2 Å². The molecule has 1 saturated carbocycles. The van der Waals surface area contributed by atoms with E-state index in [1.807, 2.05) is 0 Å². The number of halogens is 5. The molecule has 1 saturated heterocycles. The summed E-state index contributed by atoms with van der Waals surface area (Å²) in [6, 6.07) is -0.456. The monoisotopic (exact) mass is 592 g/mol. The molecular formula is C25H29F5N4O5S. The van der Waals surface area contributed by atoms with Crippen LogP contribution >= 0.6 is 0 Å².